The number of fused-ring (bicyclic) bond motifs is 1. The average Bonchev–Trinajstić information content (AvgIpc) is 2.37. The van der Waals surface area contributed by atoms with Crippen LogP contribution in [0.25, 0.3) is 10.9 Å². The van der Waals surface area contributed by atoms with Gasteiger partial charge in [-0.3, -0.25) is 0 Å². The number of benzene rings is 1. The number of hydrogen-bond acceptors (Lipinski definition) is 3. The summed E-state index contributed by atoms with van der Waals surface area (Å²) in [6, 6.07) is 9.89. The Morgan fingerprint density at radius 3 is 2.76 bits per heavy atom. The van der Waals surface area contributed by atoms with Crippen LogP contribution >= 0.6 is 0 Å². The Kier molecular flexibility index (Phi) is 3.59. The Balaban J connectivity index is 2.52. The minimum atomic E-state index is 0.0516. The van der Waals surface area contributed by atoms with Crippen LogP contribution < -0.4 is 4.90 Å². The smallest absolute Gasteiger partial charge is 0.129 e. The zero-order valence-corrected chi connectivity index (χ0v) is 10.3. The van der Waals surface area contributed by atoms with Crippen LogP contribution in [0.5, 0.6) is 0 Å². The minimum absolute atomic E-state index is 0.0516. The Labute approximate surface area is 102 Å². The van der Waals surface area contributed by atoms with Gasteiger partial charge in [-0.25, -0.2) is 4.98 Å². The number of aliphatic hydroxyl groups excluding tert-OH is 1. The normalized spacial score (nSPS) is 10.8. The molecule has 0 saturated heterocycles. The Bertz CT molecular complexity index is 511. The summed E-state index contributed by atoms with van der Waals surface area (Å²) in [7, 11) is 2.03. The van der Waals surface area contributed by atoms with Gasteiger partial charge in [-0.15, -0.1) is 0 Å². The fourth-order valence-corrected chi connectivity index (χ4v) is 2.01. The van der Waals surface area contributed by atoms with E-state index in [1.165, 1.54) is 0 Å². The SMILES string of the molecule is CCCN(C)c1cc(CO)c2ccccc2n1. The van der Waals surface area contributed by atoms with Gasteiger partial charge in [0.1, 0.15) is 5.82 Å². The van der Waals surface area contributed by atoms with Crippen molar-refractivity contribution in [3.8, 4) is 0 Å². The molecule has 0 atom stereocenters. The lowest BCUT2D eigenvalue weighted by Crippen LogP contribution is -2.19. The summed E-state index contributed by atoms with van der Waals surface area (Å²) in [5.41, 5.74) is 1.88. The standard InChI is InChI=1S/C14H18N2O/c1-3-8-16(2)14-9-11(10-17)12-6-4-5-7-13(12)15-14/h4-7,9,17H,3,8,10H2,1-2H3. The summed E-state index contributed by atoms with van der Waals surface area (Å²) < 4.78 is 0. The largest absolute Gasteiger partial charge is 0.392 e. The molecule has 17 heavy (non-hydrogen) atoms. The third kappa shape index (κ3) is 2.39. The third-order valence-electron chi connectivity index (χ3n) is 2.91. The lowest BCUT2D eigenvalue weighted by atomic mass is 10.1. The van der Waals surface area contributed by atoms with E-state index in [4.69, 9.17) is 0 Å². The number of pyridine rings is 1. The van der Waals surface area contributed by atoms with Crippen LogP contribution in [0.3, 0.4) is 0 Å². The molecule has 0 aliphatic rings. The van der Waals surface area contributed by atoms with Gasteiger partial charge in [-0.2, -0.15) is 0 Å². The number of aromatic nitrogens is 1. The molecule has 0 aliphatic carbocycles. The van der Waals surface area contributed by atoms with E-state index in [2.05, 4.69) is 16.8 Å². The molecule has 1 heterocycles. The van der Waals surface area contributed by atoms with Gasteiger partial charge in [-0.05, 0) is 24.1 Å². The van der Waals surface area contributed by atoms with Gasteiger partial charge in [0.15, 0.2) is 0 Å². The van der Waals surface area contributed by atoms with Gasteiger partial charge in [0.2, 0.25) is 0 Å². The monoisotopic (exact) mass is 230 g/mol. The number of nitrogens with zero attached hydrogens (tertiary/aromatic N) is 2. The molecule has 1 aromatic heterocycles. The van der Waals surface area contributed by atoms with Gasteiger partial charge < -0.3 is 10.0 Å². The van der Waals surface area contributed by atoms with E-state index in [9.17, 15) is 5.11 Å². The summed E-state index contributed by atoms with van der Waals surface area (Å²) in [6.07, 6.45) is 1.08. The van der Waals surface area contributed by atoms with Crippen molar-refractivity contribution in [3.63, 3.8) is 0 Å². The summed E-state index contributed by atoms with van der Waals surface area (Å²) in [5.74, 6) is 0.926. The zero-order chi connectivity index (χ0) is 12.3. The van der Waals surface area contributed by atoms with E-state index in [0.717, 1.165) is 35.2 Å². The molecule has 90 valence electrons. The summed E-state index contributed by atoms with van der Waals surface area (Å²) in [6.45, 7) is 3.16. The first-order valence-corrected chi connectivity index (χ1v) is 5.97. The highest BCUT2D eigenvalue weighted by Crippen LogP contribution is 2.22. The van der Waals surface area contributed by atoms with Crippen LogP contribution in [0.4, 0.5) is 5.82 Å². The number of anilines is 1. The number of rotatable bonds is 4. The van der Waals surface area contributed by atoms with Crippen LogP contribution in [0.1, 0.15) is 18.9 Å². The molecule has 2 aromatic rings. The van der Waals surface area contributed by atoms with Crippen molar-refractivity contribution in [1.82, 2.24) is 4.98 Å². The molecule has 0 saturated carbocycles. The molecule has 0 amide bonds. The highest BCUT2D eigenvalue weighted by atomic mass is 16.3. The van der Waals surface area contributed by atoms with Crippen LogP contribution in [0.15, 0.2) is 30.3 Å². The van der Waals surface area contributed by atoms with Gasteiger partial charge in [-0.1, -0.05) is 25.1 Å². The second kappa shape index (κ2) is 5.15. The van der Waals surface area contributed by atoms with Crippen molar-refractivity contribution in [2.75, 3.05) is 18.5 Å². The number of para-hydroxylation sites is 1. The van der Waals surface area contributed by atoms with E-state index in [1.54, 1.807) is 0 Å². The first kappa shape index (κ1) is 11.9. The predicted molar refractivity (Wildman–Crippen MR) is 71.2 cm³/mol. The molecule has 1 aromatic carbocycles. The molecule has 0 aliphatic heterocycles. The molecule has 3 nitrogen and oxygen atoms in total. The molecule has 1 N–H and O–H groups in total. The molecule has 0 bridgehead atoms. The number of hydrogen-bond donors (Lipinski definition) is 1. The lowest BCUT2D eigenvalue weighted by molar-refractivity contribution is 0.283. The maximum Gasteiger partial charge on any atom is 0.129 e. The molecule has 0 unspecified atom stereocenters. The first-order chi connectivity index (χ1) is 8.26. The molecular formula is C14H18N2O. The molecule has 0 spiro atoms. The van der Waals surface area contributed by atoms with Crippen molar-refractivity contribution in [3.05, 3.63) is 35.9 Å². The highest BCUT2D eigenvalue weighted by molar-refractivity contribution is 5.84. The second-order valence-corrected chi connectivity index (χ2v) is 4.24. The van der Waals surface area contributed by atoms with Crippen molar-refractivity contribution in [2.45, 2.75) is 20.0 Å². The Morgan fingerprint density at radius 2 is 2.06 bits per heavy atom. The second-order valence-electron chi connectivity index (χ2n) is 4.24. The minimum Gasteiger partial charge on any atom is -0.392 e. The van der Waals surface area contributed by atoms with Crippen LogP contribution in [0.2, 0.25) is 0 Å². The topological polar surface area (TPSA) is 36.4 Å². The molecule has 0 radical (unpaired) electrons. The first-order valence-electron chi connectivity index (χ1n) is 5.97. The fourth-order valence-electron chi connectivity index (χ4n) is 2.01. The summed E-state index contributed by atoms with van der Waals surface area (Å²) >= 11 is 0. The van der Waals surface area contributed by atoms with Crippen molar-refractivity contribution >= 4 is 16.7 Å². The highest BCUT2D eigenvalue weighted by Gasteiger charge is 2.07. The van der Waals surface area contributed by atoms with E-state index < -0.39 is 0 Å². The lowest BCUT2D eigenvalue weighted by Gasteiger charge is -2.18. The van der Waals surface area contributed by atoms with Crippen LogP contribution in [-0.2, 0) is 6.61 Å². The maximum absolute atomic E-state index is 9.43. The fraction of sp³-hybridized carbons (Fsp3) is 0.357. The van der Waals surface area contributed by atoms with Gasteiger partial charge in [0, 0.05) is 19.0 Å². The zero-order valence-electron chi connectivity index (χ0n) is 10.3. The van der Waals surface area contributed by atoms with Gasteiger partial charge in [0.05, 0.1) is 12.1 Å². The third-order valence-corrected chi connectivity index (χ3v) is 2.91. The van der Waals surface area contributed by atoms with Crippen molar-refractivity contribution in [2.24, 2.45) is 0 Å². The molecular weight excluding hydrogens is 212 g/mol. The molecule has 0 fully saturated rings. The summed E-state index contributed by atoms with van der Waals surface area (Å²) in [4.78, 5) is 6.73. The van der Waals surface area contributed by atoms with Crippen LogP contribution in [0, 0.1) is 0 Å². The van der Waals surface area contributed by atoms with E-state index in [0.29, 0.717) is 0 Å². The van der Waals surface area contributed by atoms with Crippen molar-refractivity contribution < 1.29 is 5.11 Å². The van der Waals surface area contributed by atoms with Crippen LogP contribution in [-0.4, -0.2) is 23.7 Å². The average molecular weight is 230 g/mol. The Morgan fingerprint density at radius 1 is 1.29 bits per heavy atom. The van der Waals surface area contributed by atoms with Crippen molar-refractivity contribution in [1.29, 1.82) is 0 Å². The maximum atomic E-state index is 9.43. The number of aliphatic hydroxyl groups is 1. The van der Waals surface area contributed by atoms with Gasteiger partial charge >= 0.3 is 0 Å². The molecule has 2 rings (SSSR count). The summed E-state index contributed by atoms with van der Waals surface area (Å²) in [5, 5.41) is 10.5. The van der Waals surface area contributed by atoms with E-state index in [1.807, 2.05) is 37.4 Å². The Hall–Kier alpha value is -1.61. The molecule has 3 heteroatoms. The quantitative estimate of drug-likeness (QED) is 0.877. The van der Waals surface area contributed by atoms with E-state index in [-0.39, 0.29) is 6.61 Å². The predicted octanol–water partition coefficient (Wildman–Crippen LogP) is 2.57. The van der Waals surface area contributed by atoms with Gasteiger partial charge in [0.25, 0.3) is 0 Å². The van der Waals surface area contributed by atoms with E-state index >= 15 is 0 Å².